The minimum absolute atomic E-state index is 0.0145. The molecule has 0 heterocycles. The van der Waals surface area contributed by atoms with Gasteiger partial charge >= 0.3 is 0 Å². The molecule has 1 aromatic carbocycles. The van der Waals surface area contributed by atoms with Crippen LogP contribution in [-0.2, 0) is 6.42 Å². The average Bonchev–Trinajstić information content (AvgIpc) is 2.64. The van der Waals surface area contributed by atoms with E-state index in [1.54, 1.807) is 12.1 Å². The van der Waals surface area contributed by atoms with Gasteiger partial charge in [0.1, 0.15) is 0 Å². The molecule has 2 heteroatoms. The summed E-state index contributed by atoms with van der Waals surface area (Å²) < 4.78 is 0. The van der Waals surface area contributed by atoms with Crippen molar-refractivity contribution in [3.05, 3.63) is 60.2 Å². The second-order valence-electron chi connectivity index (χ2n) is 6.78. The lowest BCUT2D eigenvalue weighted by Gasteiger charge is -2.04. The summed E-state index contributed by atoms with van der Waals surface area (Å²) in [4.78, 5) is 0. The van der Waals surface area contributed by atoms with Crippen molar-refractivity contribution in [1.82, 2.24) is 0 Å². The van der Waals surface area contributed by atoms with Crippen molar-refractivity contribution in [2.24, 2.45) is 0 Å². The molecule has 144 valence electrons. The van der Waals surface area contributed by atoms with Gasteiger partial charge in [0, 0.05) is 0 Å². The summed E-state index contributed by atoms with van der Waals surface area (Å²) in [5.41, 5.74) is 1.10. The number of hydrogen-bond donors (Lipinski definition) is 2. The monoisotopic (exact) mass is 356 g/mol. The molecular weight excluding hydrogens is 320 g/mol. The third-order valence-corrected chi connectivity index (χ3v) is 4.41. The van der Waals surface area contributed by atoms with E-state index in [0.29, 0.717) is 0 Å². The van der Waals surface area contributed by atoms with E-state index in [1.807, 2.05) is 6.07 Å². The highest BCUT2D eigenvalue weighted by molar-refractivity contribution is 5.40. The van der Waals surface area contributed by atoms with Crippen LogP contribution in [0.3, 0.4) is 0 Å². The smallest absolute Gasteiger partial charge is 0.157 e. The number of aryl methyl sites for hydroxylation is 1. The molecule has 0 unspecified atom stereocenters. The Bertz CT molecular complexity index is 555. The van der Waals surface area contributed by atoms with Crippen LogP contribution in [0.5, 0.6) is 11.5 Å². The zero-order valence-electron chi connectivity index (χ0n) is 16.4. The first-order chi connectivity index (χ1) is 12.7. The summed E-state index contributed by atoms with van der Waals surface area (Å²) in [5.74, 6) is -0.0534. The molecule has 26 heavy (non-hydrogen) atoms. The lowest BCUT2D eigenvalue weighted by Crippen LogP contribution is -1.86. The molecule has 0 amide bonds. The van der Waals surface area contributed by atoms with E-state index in [9.17, 15) is 10.2 Å². The van der Waals surface area contributed by atoms with Gasteiger partial charge in [0.25, 0.3) is 0 Å². The van der Waals surface area contributed by atoms with Crippen LogP contribution in [0.1, 0.15) is 76.7 Å². The van der Waals surface area contributed by atoms with Crippen LogP contribution in [0.4, 0.5) is 0 Å². The molecule has 0 aliphatic heterocycles. The second-order valence-corrected chi connectivity index (χ2v) is 6.78. The van der Waals surface area contributed by atoms with Crippen molar-refractivity contribution in [3.8, 4) is 11.5 Å². The summed E-state index contributed by atoms with van der Waals surface area (Å²) in [5, 5.41) is 18.8. The summed E-state index contributed by atoms with van der Waals surface area (Å²) in [6.07, 6.45) is 26.4. The first-order valence-electron chi connectivity index (χ1n) is 10.2. The number of hydrogen-bond acceptors (Lipinski definition) is 2. The summed E-state index contributed by atoms with van der Waals surface area (Å²) in [6, 6.07) is 5.12. The number of allylic oxidation sites excluding steroid dienone is 6. The number of phenolic OH excluding ortho intramolecular Hbond substituents is 2. The maximum atomic E-state index is 9.47. The molecule has 0 fully saturated rings. The molecule has 0 aliphatic carbocycles. The van der Waals surface area contributed by atoms with Gasteiger partial charge in [-0.1, -0.05) is 75.1 Å². The molecule has 0 radical (unpaired) electrons. The van der Waals surface area contributed by atoms with E-state index in [1.165, 1.54) is 38.5 Å². The maximum Gasteiger partial charge on any atom is 0.157 e. The SMILES string of the molecule is CCC=CCC=CCC=CCCCCCCCCc1ccc(O)c(O)c1. The molecule has 2 N–H and O–H groups in total. The maximum absolute atomic E-state index is 9.47. The van der Waals surface area contributed by atoms with Crippen molar-refractivity contribution in [2.45, 2.75) is 77.6 Å². The minimum atomic E-state index is -0.0389. The number of aromatic hydroxyl groups is 2. The van der Waals surface area contributed by atoms with E-state index in [0.717, 1.165) is 37.7 Å². The van der Waals surface area contributed by atoms with Crippen molar-refractivity contribution in [1.29, 1.82) is 0 Å². The predicted molar refractivity (Wildman–Crippen MR) is 113 cm³/mol. The molecule has 0 atom stereocenters. The van der Waals surface area contributed by atoms with Crippen LogP contribution in [-0.4, -0.2) is 10.2 Å². The largest absolute Gasteiger partial charge is 0.504 e. The van der Waals surface area contributed by atoms with Crippen LogP contribution >= 0.6 is 0 Å². The first-order valence-corrected chi connectivity index (χ1v) is 10.2. The van der Waals surface area contributed by atoms with Crippen molar-refractivity contribution >= 4 is 0 Å². The fourth-order valence-electron chi connectivity index (χ4n) is 2.85. The van der Waals surface area contributed by atoms with Gasteiger partial charge in [0.15, 0.2) is 11.5 Å². The summed E-state index contributed by atoms with van der Waals surface area (Å²) in [7, 11) is 0. The Kier molecular flexibility index (Phi) is 13.0. The lowest BCUT2D eigenvalue weighted by molar-refractivity contribution is 0.403. The Morgan fingerprint density at radius 2 is 1.31 bits per heavy atom. The van der Waals surface area contributed by atoms with Crippen LogP contribution in [0, 0.1) is 0 Å². The van der Waals surface area contributed by atoms with Gasteiger partial charge in [-0.3, -0.25) is 0 Å². The average molecular weight is 357 g/mol. The van der Waals surface area contributed by atoms with Crippen LogP contribution < -0.4 is 0 Å². The van der Waals surface area contributed by atoms with Crippen LogP contribution in [0.25, 0.3) is 0 Å². The molecule has 0 saturated heterocycles. The Morgan fingerprint density at radius 1 is 0.692 bits per heavy atom. The Morgan fingerprint density at radius 3 is 2.00 bits per heavy atom. The fourth-order valence-corrected chi connectivity index (χ4v) is 2.85. The van der Waals surface area contributed by atoms with Crippen LogP contribution in [0.15, 0.2) is 54.7 Å². The number of benzene rings is 1. The zero-order valence-corrected chi connectivity index (χ0v) is 16.4. The number of unbranched alkanes of at least 4 members (excludes halogenated alkanes) is 6. The predicted octanol–water partition coefficient (Wildman–Crippen LogP) is 7.23. The van der Waals surface area contributed by atoms with Crippen molar-refractivity contribution in [3.63, 3.8) is 0 Å². The third kappa shape index (κ3) is 11.6. The van der Waals surface area contributed by atoms with Gasteiger partial charge in [-0.25, -0.2) is 0 Å². The number of rotatable bonds is 14. The highest BCUT2D eigenvalue weighted by Gasteiger charge is 2.00. The van der Waals surface area contributed by atoms with E-state index in [2.05, 4.69) is 43.4 Å². The van der Waals surface area contributed by atoms with E-state index >= 15 is 0 Å². The Hall–Kier alpha value is -1.96. The molecule has 0 bridgehead atoms. The van der Waals surface area contributed by atoms with Gasteiger partial charge in [-0.15, -0.1) is 0 Å². The molecule has 0 aromatic heterocycles. The summed E-state index contributed by atoms with van der Waals surface area (Å²) in [6.45, 7) is 2.16. The quantitative estimate of drug-likeness (QED) is 0.210. The lowest BCUT2D eigenvalue weighted by atomic mass is 10.0. The Labute approximate surface area is 160 Å². The Balaban J connectivity index is 1.90. The van der Waals surface area contributed by atoms with Crippen LogP contribution in [0.2, 0.25) is 0 Å². The normalized spacial score (nSPS) is 12.0. The van der Waals surface area contributed by atoms with E-state index < -0.39 is 0 Å². The highest BCUT2D eigenvalue weighted by atomic mass is 16.3. The standard InChI is InChI=1S/C24H36O2/c1-2-3-4-5-6-7-8-9-10-11-12-13-14-15-16-17-18-22-19-20-23(25)24(26)21-22/h3-4,6-7,9-10,19-21,25-26H,2,5,8,11-18H2,1H3. The van der Waals surface area contributed by atoms with E-state index in [4.69, 9.17) is 0 Å². The molecule has 0 saturated carbocycles. The van der Waals surface area contributed by atoms with Gasteiger partial charge < -0.3 is 10.2 Å². The van der Waals surface area contributed by atoms with Crippen molar-refractivity contribution in [2.75, 3.05) is 0 Å². The molecule has 1 aromatic rings. The molecule has 2 nitrogen and oxygen atoms in total. The molecule has 0 aliphatic rings. The molecule has 0 spiro atoms. The van der Waals surface area contributed by atoms with Gasteiger partial charge in [-0.2, -0.15) is 0 Å². The zero-order chi connectivity index (χ0) is 18.9. The molecular formula is C24H36O2. The second kappa shape index (κ2) is 15.3. The molecule has 1 rings (SSSR count). The number of phenols is 2. The van der Waals surface area contributed by atoms with Gasteiger partial charge in [0.05, 0.1) is 0 Å². The minimum Gasteiger partial charge on any atom is -0.504 e. The summed E-state index contributed by atoms with van der Waals surface area (Å²) >= 11 is 0. The fraction of sp³-hybridized carbons (Fsp3) is 0.500. The van der Waals surface area contributed by atoms with Crippen molar-refractivity contribution < 1.29 is 10.2 Å². The van der Waals surface area contributed by atoms with E-state index in [-0.39, 0.29) is 11.5 Å². The van der Waals surface area contributed by atoms with Gasteiger partial charge in [0.2, 0.25) is 0 Å². The highest BCUT2D eigenvalue weighted by Crippen LogP contribution is 2.25. The third-order valence-electron chi connectivity index (χ3n) is 4.41. The topological polar surface area (TPSA) is 40.5 Å². The van der Waals surface area contributed by atoms with Gasteiger partial charge in [-0.05, 0) is 62.6 Å². The first kappa shape index (κ1) is 22.1.